The molecular formula is C49H58N4O13. The highest BCUT2D eigenvalue weighted by Gasteiger charge is 2.51. The third-order valence-electron chi connectivity index (χ3n) is 13.5. The number of benzene rings is 3. The molecule has 7 bridgehead atoms. The minimum Gasteiger partial charge on any atom is -0.507 e. The van der Waals surface area contributed by atoms with Crippen molar-refractivity contribution in [2.45, 2.75) is 84.8 Å². The number of nitrogens with one attached hydrogen (secondary N) is 1. The van der Waals surface area contributed by atoms with E-state index in [4.69, 9.17) is 37.8 Å². The first-order chi connectivity index (χ1) is 31.4. The minimum absolute atomic E-state index is 0.00400. The second-order valence-electron chi connectivity index (χ2n) is 18.1. The molecule has 2 fully saturated rings. The number of aromatic nitrogens is 1. The minimum atomic E-state index is -2.03. The summed E-state index contributed by atoms with van der Waals surface area (Å²) in [6.07, 6.45) is 3.64. The molecule has 2 saturated heterocycles. The van der Waals surface area contributed by atoms with Crippen LogP contribution in [0.5, 0.6) is 17.2 Å². The highest BCUT2D eigenvalue weighted by molar-refractivity contribution is 6.22. The number of anilines is 1. The molecule has 6 aliphatic heterocycles. The number of ketones is 1. The highest BCUT2D eigenvalue weighted by Crippen LogP contribution is 2.50. The molecule has 17 nitrogen and oxygen atoms in total. The second-order valence-corrected chi connectivity index (χ2v) is 18.1. The van der Waals surface area contributed by atoms with Gasteiger partial charge in [0.15, 0.2) is 11.3 Å². The van der Waals surface area contributed by atoms with E-state index >= 15 is 0 Å². The Morgan fingerprint density at radius 1 is 1.03 bits per heavy atom. The molecule has 0 saturated carbocycles. The molecule has 66 heavy (non-hydrogen) atoms. The Hall–Kier alpha value is -5.85. The van der Waals surface area contributed by atoms with Gasteiger partial charge in [0, 0.05) is 94.0 Å². The number of hydrogen-bond donors (Lipinski definition) is 3. The zero-order valence-electron chi connectivity index (χ0n) is 38.7. The van der Waals surface area contributed by atoms with Crippen molar-refractivity contribution in [2.75, 3.05) is 58.8 Å². The summed E-state index contributed by atoms with van der Waals surface area (Å²) >= 11 is 0. The molecule has 3 N–H and O–H groups in total. The van der Waals surface area contributed by atoms with Gasteiger partial charge in [-0.3, -0.25) is 24.1 Å². The maximum atomic E-state index is 14.8. The second kappa shape index (κ2) is 18.4. The van der Waals surface area contributed by atoms with Gasteiger partial charge in [0.25, 0.3) is 11.7 Å². The number of Topliss-reactive ketones (excluding diaryl/α,β-unsaturated/α-hetero) is 1. The highest BCUT2D eigenvalue weighted by atomic mass is 16.7. The molecule has 1 aliphatic carbocycles. The smallest absolute Gasteiger partial charge is 0.312 e. The Morgan fingerprint density at radius 3 is 2.48 bits per heavy atom. The summed E-state index contributed by atoms with van der Waals surface area (Å²) in [7, 11) is 3.56. The molecule has 0 radical (unpaired) electrons. The standard InChI is InChI=1S/C49H58N4O13/c1-24-11-10-12-25(2)48(59)51-38-41(57)35-34(37-45(38)64-33-23-30(13-14-31(33)50-37)61-22-20-53-18-16-52(8)17-19-53)36-43(27(4)39(35)55)66-49(7,47(36)58)62-21-15-32(60-9)26(3)44(63-29(6)54)46-40(56)28(5)42(24)65-46/h10-15,21,23-24,26,28,32,40,42,44,46,55-56H,16-20,22H2,1-9H3,(H,51,59)/b11-10+,21-15+,25-12-/t24-,26+,28-,32-,40+,42-,44+,46+,49-/m0/s1. The van der Waals surface area contributed by atoms with Gasteiger partial charge in [-0.25, -0.2) is 4.98 Å². The number of amides is 1. The molecule has 6 heterocycles. The number of carbonyl (C=O) groups excluding carboxylic acids is 3. The average molecular weight is 911 g/mol. The number of phenolic OH excluding ortho intramolecular Hbond substituents is 1. The maximum Gasteiger partial charge on any atom is 0.312 e. The summed E-state index contributed by atoms with van der Waals surface area (Å²) in [5.74, 6) is -5.41. The molecule has 9 atom stereocenters. The van der Waals surface area contributed by atoms with E-state index in [9.17, 15) is 29.4 Å². The number of rotatable bonds is 6. The summed E-state index contributed by atoms with van der Waals surface area (Å²) < 4.78 is 43.1. The summed E-state index contributed by atoms with van der Waals surface area (Å²) in [5.41, 5.74) is -0.351. The number of methoxy groups -OCH3 is 1. The van der Waals surface area contributed by atoms with Gasteiger partial charge in [0.05, 0.1) is 35.5 Å². The van der Waals surface area contributed by atoms with Crippen molar-refractivity contribution in [3.05, 3.63) is 75.7 Å². The van der Waals surface area contributed by atoms with E-state index in [2.05, 4.69) is 22.2 Å². The molecule has 0 aromatic heterocycles. The number of esters is 1. The first-order valence-electron chi connectivity index (χ1n) is 22.3. The van der Waals surface area contributed by atoms with Gasteiger partial charge < -0.3 is 53.3 Å². The number of aliphatic hydroxyl groups excluding tert-OH is 1. The number of likely N-dealkylation sites (N-methyl/N-ethyl adjacent to an activating group) is 1. The Labute approximate surface area is 382 Å². The van der Waals surface area contributed by atoms with Crippen molar-refractivity contribution in [1.29, 1.82) is 0 Å². The molecule has 17 heteroatoms. The van der Waals surface area contributed by atoms with Crippen LogP contribution in [-0.4, -0.2) is 132 Å². The third-order valence-corrected chi connectivity index (χ3v) is 13.5. The van der Waals surface area contributed by atoms with E-state index in [0.717, 1.165) is 32.7 Å². The van der Waals surface area contributed by atoms with E-state index in [-0.39, 0.29) is 67.8 Å². The van der Waals surface area contributed by atoms with E-state index in [1.807, 2.05) is 19.9 Å². The molecule has 7 aliphatic rings. The number of carbonyl (C=O) groups is 3. The van der Waals surface area contributed by atoms with Crippen molar-refractivity contribution in [2.24, 2.45) is 17.8 Å². The zero-order valence-corrected chi connectivity index (χ0v) is 38.7. The molecule has 352 valence electrons. The number of piperazine rings is 1. The Kier molecular flexibility index (Phi) is 13.0. The Balaban J connectivity index is 1.26. The number of nitrogens with zero attached hydrogens (tertiary/aromatic N) is 3. The molecule has 2 aromatic carbocycles. The number of fused-ring (bicyclic) bond motifs is 9. The molecule has 1 amide bonds. The lowest BCUT2D eigenvalue weighted by atomic mass is 9.86. The number of allylic oxidation sites excluding steroid dienone is 2. The number of aromatic hydroxyl groups is 1. The van der Waals surface area contributed by atoms with Crippen LogP contribution < -0.4 is 20.2 Å². The molecule has 0 unspecified atom stereocenters. The van der Waals surface area contributed by atoms with Crippen molar-refractivity contribution in [3.8, 4) is 28.7 Å². The normalized spacial score (nSPS) is 30.6. The SMILES string of the molecule is CO[C@H]1/C=C/O[C@@]2(C)Oc3c(C)c(O)c4c(=O)c(c5oc6cc(OCCN7CCN(C)CC7)ccc6nc-5c4c3C2=O)NC(=O)/C(C)=C\C=C\[C@H](C)[C@@H]2O[C@H]([C@H](O)[C@@H]2C)[C@H](OC(C)=O)[C@@H]1C. The third kappa shape index (κ3) is 8.54. The summed E-state index contributed by atoms with van der Waals surface area (Å²) in [4.78, 5) is 65.6. The lowest BCUT2D eigenvalue weighted by molar-refractivity contribution is -0.168. The summed E-state index contributed by atoms with van der Waals surface area (Å²) in [5, 5.41) is 25.7. The monoisotopic (exact) mass is 910 g/mol. The Morgan fingerprint density at radius 2 is 1.77 bits per heavy atom. The number of ether oxygens (including phenoxy) is 6. The van der Waals surface area contributed by atoms with Crippen LogP contribution in [0.3, 0.4) is 0 Å². The van der Waals surface area contributed by atoms with Crippen LogP contribution in [0.2, 0.25) is 0 Å². The fourth-order valence-corrected chi connectivity index (χ4v) is 9.41. The van der Waals surface area contributed by atoms with Gasteiger partial charge in [0.2, 0.25) is 5.43 Å². The predicted octanol–water partition coefficient (Wildman–Crippen LogP) is 5.35. The maximum absolute atomic E-state index is 14.8. The van der Waals surface area contributed by atoms with Gasteiger partial charge >= 0.3 is 11.8 Å². The first-order valence-corrected chi connectivity index (χ1v) is 22.3. The molecule has 9 rings (SSSR count). The van der Waals surface area contributed by atoms with Crippen LogP contribution in [-0.2, 0) is 28.5 Å². The van der Waals surface area contributed by atoms with Crippen molar-refractivity contribution >= 4 is 45.2 Å². The lowest BCUT2D eigenvalue weighted by Crippen LogP contribution is -2.46. The van der Waals surface area contributed by atoms with E-state index in [1.165, 1.54) is 40.2 Å². The van der Waals surface area contributed by atoms with E-state index < -0.39 is 71.1 Å². The quantitative estimate of drug-likeness (QED) is 0.127. The number of phenols is 1. The van der Waals surface area contributed by atoms with Gasteiger partial charge in [-0.2, -0.15) is 0 Å². The Bertz CT molecular complexity index is 2690. The first kappa shape index (κ1) is 46.7. The number of hydrogen-bond acceptors (Lipinski definition) is 16. The molecular weight excluding hydrogens is 853 g/mol. The topological polar surface area (TPSA) is 209 Å². The van der Waals surface area contributed by atoms with E-state index in [1.54, 1.807) is 44.2 Å². The van der Waals surface area contributed by atoms with Gasteiger partial charge in [-0.1, -0.05) is 39.0 Å². The van der Waals surface area contributed by atoms with Crippen molar-refractivity contribution in [3.63, 3.8) is 0 Å². The van der Waals surface area contributed by atoms with Gasteiger partial charge in [0.1, 0.15) is 53.0 Å². The van der Waals surface area contributed by atoms with Gasteiger partial charge in [-0.15, -0.1) is 0 Å². The van der Waals surface area contributed by atoms with Crippen LogP contribution in [0.15, 0.2) is 63.6 Å². The van der Waals surface area contributed by atoms with Gasteiger partial charge in [-0.05, 0) is 39.1 Å². The molecule has 2 aromatic rings. The predicted molar refractivity (Wildman–Crippen MR) is 244 cm³/mol. The van der Waals surface area contributed by atoms with Crippen LogP contribution in [0, 0.1) is 24.7 Å². The number of aliphatic hydroxyl groups is 1. The lowest BCUT2D eigenvalue weighted by Gasteiger charge is -2.33. The summed E-state index contributed by atoms with van der Waals surface area (Å²) in [6, 6.07) is 5.09. The van der Waals surface area contributed by atoms with Crippen LogP contribution in [0.25, 0.3) is 33.3 Å². The zero-order chi connectivity index (χ0) is 47.4. The van der Waals surface area contributed by atoms with Crippen molar-refractivity contribution < 1.29 is 57.4 Å². The fraction of sp³-hybridized carbons (Fsp3) is 0.490. The fourth-order valence-electron chi connectivity index (χ4n) is 9.41. The summed E-state index contributed by atoms with van der Waals surface area (Å²) in [6.45, 7) is 16.3. The van der Waals surface area contributed by atoms with E-state index in [0.29, 0.717) is 17.9 Å². The largest absolute Gasteiger partial charge is 0.507 e. The average Bonchev–Trinajstić information content (AvgIpc) is 3.73. The van der Waals surface area contributed by atoms with Crippen LogP contribution >= 0.6 is 0 Å². The van der Waals surface area contributed by atoms with Crippen molar-refractivity contribution in [1.82, 2.24) is 14.8 Å². The van der Waals surface area contributed by atoms with Crippen LogP contribution in [0.1, 0.15) is 57.5 Å². The van der Waals surface area contributed by atoms with Crippen LogP contribution in [0.4, 0.5) is 5.69 Å². The molecule has 0 spiro atoms.